The molecule has 0 aliphatic heterocycles. The number of fused-ring (bicyclic) bond motifs is 9. The van der Waals surface area contributed by atoms with Crippen LogP contribution in [0.25, 0.3) is 110 Å². The Balaban J connectivity index is 1.03. The molecule has 0 amide bonds. The first-order chi connectivity index (χ1) is 28.7. The van der Waals surface area contributed by atoms with Crippen molar-refractivity contribution in [1.29, 1.82) is 0 Å². The van der Waals surface area contributed by atoms with Crippen LogP contribution in [0.4, 0.5) is 0 Å². The molecule has 4 heteroatoms. The number of nitrogens with zero attached hydrogens (tertiary/aromatic N) is 4. The fourth-order valence-electron chi connectivity index (χ4n) is 8.98. The van der Waals surface area contributed by atoms with Gasteiger partial charge in [0, 0.05) is 49.6 Å². The summed E-state index contributed by atoms with van der Waals surface area (Å²) in [5.74, 6) is 0.705. The van der Waals surface area contributed by atoms with Crippen molar-refractivity contribution in [2.75, 3.05) is 0 Å². The molecule has 0 aliphatic carbocycles. The summed E-state index contributed by atoms with van der Waals surface area (Å²) in [7, 11) is 0. The molecule has 3 aromatic heterocycles. The predicted molar refractivity (Wildman–Crippen MR) is 242 cm³/mol. The molecule has 58 heavy (non-hydrogen) atoms. The zero-order chi connectivity index (χ0) is 38.2. The second-order valence-electron chi connectivity index (χ2n) is 15.0. The van der Waals surface area contributed by atoms with Crippen molar-refractivity contribution in [3.63, 3.8) is 0 Å². The van der Waals surface area contributed by atoms with E-state index in [1.54, 1.807) is 0 Å². The minimum Gasteiger partial charge on any atom is -0.309 e. The van der Waals surface area contributed by atoms with E-state index in [2.05, 4.69) is 215 Å². The molecule has 4 nitrogen and oxygen atoms in total. The summed E-state index contributed by atoms with van der Waals surface area (Å²) in [5, 5.41) is 9.77. The molecule has 0 radical (unpaired) electrons. The molecule has 0 saturated carbocycles. The minimum atomic E-state index is 0.705. The quantitative estimate of drug-likeness (QED) is 0.176. The van der Waals surface area contributed by atoms with E-state index in [0.717, 1.165) is 39.5 Å². The van der Waals surface area contributed by atoms with Crippen LogP contribution in [-0.4, -0.2) is 19.1 Å². The van der Waals surface area contributed by atoms with Gasteiger partial charge in [-0.3, -0.25) is 0 Å². The molecular weight excluding hydrogens is 705 g/mol. The highest BCUT2D eigenvalue weighted by Crippen LogP contribution is 2.42. The average Bonchev–Trinajstić information content (AvgIpc) is 3.82. The number of para-hydroxylation sites is 3. The van der Waals surface area contributed by atoms with Crippen LogP contribution >= 0.6 is 0 Å². The van der Waals surface area contributed by atoms with E-state index in [1.807, 2.05) is 0 Å². The van der Waals surface area contributed by atoms with Crippen molar-refractivity contribution in [1.82, 2.24) is 19.1 Å². The van der Waals surface area contributed by atoms with E-state index in [-0.39, 0.29) is 0 Å². The summed E-state index contributed by atoms with van der Waals surface area (Å²) in [4.78, 5) is 10.4. The Labute approximate surface area is 334 Å². The lowest BCUT2D eigenvalue weighted by Crippen LogP contribution is -1.97. The van der Waals surface area contributed by atoms with Crippen LogP contribution in [-0.2, 0) is 0 Å². The lowest BCUT2D eigenvalue weighted by atomic mass is 10.0. The van der Waals surface area contributed by atoms with Gasteiger partial charge < -0.3 is 9.13 Å². The highest BCUT2D eigenvalue weighted by molar-refractivity contribution is 6.28. The normalized spacial score (nSPS) is 11.8. The molecule has 0 saturated heterocycles. The fourth-order valence-corrected chi connectivity index (χ4v) is 8.98. The molecule has 12 rings (SSSR count). The summed E-state index contributed by atoms with van der Waals surface area (Å²) in [6, 6.07) is 73.8. The second-order valence-corrected chi connectivity index (χ2v) is 15.0. The number of hydrogen-bond acceptors (Lipinski definition) is 2. The van der Waals surface area contributed by atoms with Gasteiger partial charge in [-0.15, -0.1) is 0 Å². The fraction of sp³-hybridized carbons (Fsp3) is 0. The maximum atomic E-state index is 5.23. The number of benzene rings is 9. The third-order valence-electron chi connectivity index (χ3n) is 11.7. The summed E-state index contributed by atoms with van der Waals surface area (Å²) in [5.41, 5.74) is 11.9. The average molecular weight is 739 g/mol. The predicted octanol–water partition coefficient (Wildman–Crippen LogP) is 14.0. The van der Waals surface area contributed by atoms with Crippen LogP contribution in [0.1, 0.15) is 0 Å². The van der Waals surface area contributed by atoms with Gasteiger partial charge in [-0.05, 0) is 88.3 Å². The Kier molecular flexibility index (Phi) is 7.20. The third kappa shape index (κ3) is 5.09. The Bertz CT molecular complexity index is 3460. The Morgan fingerprint density at radius 2 is 0.741 bits per heavy atom. The van der Waals surface area contributed by atoms with Crippen LogP contribution in [0.15, 0.2) is 206 Å². The first-order valence-corrected chi connectivity index (χ1v) is 19.7. The molecule has 0 N–H and O–H groups in total. The summed E-state index contributed by atoms with van der Waals surface area (Å²) < 4.78 is 4.80. The summed E-state index contributed by atoms with van der Waals surface area (Å²) in [6.45, 7) is 0. The summed E-state index contributed by atoms with van der Waals surface area (Å²) in [6.07, 6.45) is 0. The van der Waals surface area contributed by atoms with Crippen molar-refractivity contribution in [3.8, 4) is 45.3 Å². The molecule has 0 aliphatic rings. The van der Waals surface area contributed by atoms with Gasteiger partial charge in [-0.2, -0.15) is 0 Å². The van der Waals surface area contributed by atoms with Crippen molar-refractivity contribution >= 4 is 65.2 Å². The first-order valence-electron chi connectivity index (χ1n) is 19.7. The molecule has 0 unspecified atom stereocenters. The molecule has 0 atom stereocenters. The Morgan fingerprint density at radius 1 is 0.293 bits per heavy atom. The first kappa shape index (κ1) is 32.4. The van der Waals surface area contributed by atoms with Crippen molar-refractivity contribution in [3.05, 3.63) is 206 Å². The molecule has 9 aromatic carbocycles. The maximum absolute atomic E-state index is 5.23. The van der Waals surface area contributed by atoms with Crippen molar-refractivity contribution < 1.29 is 0 Å². The SMILES string of the molecule is c1ccc(-n2c3ccccc3c3c4c5ccccc5n(-c5ccc(-c6cc(-c7ccc8ccccc8c7)nc(-c7ccc8ccccc8c7)n6)cc5)c4ccc32)cc1. The lowest BCUT2D eigenvalue weighted by molar-refractivity contribution is 1.17. The number of aromatic nitrogens is 4. The highest BCUT2D eigenvalue weighted by atomic mass is 15.0. The Hall–Kier alpha value is -7.82. The molecule has 3 heterocycles. The van der Waals surface area contributed by atoms with Crippen LogP contribution in [0, 0.1) is 0 Å². The zero-order valence-electron chi connectivity index (χ0n) is 31.4. The van der Waals surface area contributed by atoms with Crippen molar-refractivity contribution in [2.24, 2.45) is 0 Å². The topological polar surface area (TPSA) is 35.6 Å². The van der Waals surface area contributed by atoms with Gasteiger partial charge in [-0.1, -0.05) is 140 Å². The molecule has 0 fully saturated rings. The van der Waals surface area contributed by atoms with Crippen LogP contribution in [0.3, 0.4) is 0 Å². The van der Waals surface area contributed by atoms with E-state index < -0.39 is 0 Å². The van der Waals surface area contributed by atoms with Crippen LogP contribution < -0.4 is 0 Å². The van der Waals surface area contributed by atoms with Crippen LogP contribution in [0.5, 0.6) is 0 Å². The largest absolute Gasteiger partial charge is 0.309 e. The van der Waals surface area contributed by atoms with Gasteiger partial charge in [-0.25, -0.2) is 9.97 Å². The minimum absolute atomic E-state index is 0.705. The molecular formula is C54H34N4. The van der Waals surface area contributed by atoms with Gasteiger partial charge in [0.25, 0.3) is 0 Å². The van der Waals surface area contributed by atoms with E-state index >= 15 is 0 Å². The van der Waals surface area contributed by atoms with E-state index in [1.165, 1.54) is 65.2 Å². The standard InChI is InChI=1S/C54H34N4/c1-2-16-42(17-3-1)57-48-20-10-8-18-44(48)52-50(57)30-31-51-53(52)45-19-9-11-21-49(45)58(51)43-28-26-37(27-29-43)46-34-47(40-24-22-35-12-4-6-14-38(35)32-40)56-54(55-46)41-25-23-36-13-5-7-15-39(36)33-41/h1-34H. The molecule has 0 bridgehead atoms. The number of hydrogen-bond donors (Lipinski definition) is 0. The summed E-state index contributed by atoms with van der Waals surface area (Å²) >= 11 is 0. The van der Waals surface area contributed by atoms with Gasteiger partial charge in [0.2, 0.25) is 0 Å². The van der Waals surface area contributed by atoms with E-state index in [4.69, 9.17) is 9.97 Å². The molecule has 0 spiro atoms. The van der Waals surface area contributed by atoms with E-state index in [0.29, 0.717) is 5.82 Å². The van der Waals surface area contributed by atoms with Gasteiger partial charge in [0.05, 0.1) is 33.5 Å². The van der Waals surface area contributed by atoms with Crippen molar-refractivity contribution in [2.45, 2.75) is 0 Å². The van der Waals surface area contributed by atoms with Crippen LogP contribution in [0.2, 0.25) is 0 Å². The monoisotopic (exact) mass is 738 g/mol. The molecule has 270 valence electrons. The molecule has 12 aromatic rings. The highest BCUT2D eigenvalue weighted by Gasteiger charge is 2.20. The van der Waals surface area contributed by atoms with E-state index in [9.17, 15) is 0 Å². The lowest BCUT2D eigenvalue weighted by Gasteiger charge is -2.12. The Morgan fingerprint density at radius 3 is 1.34 bits per heavy atom. The third-order valence-corrected chi connectivity index (χ3v) is 11.7. The smallest absolute Gasteiger partial charge is 0.160 e. The van der Waals surface area contributed by atoms with Gasteiger partial charge in [0.1, 0.15) is 0 Å². The maximum Gasteiger partial charge on any atom is 0.160 e. The zero-order valence-corrected chi connectivity index (χ0v) is 31.4. The van der Waals surface area contributed by atoms with Gasteiger partial charge in [0.15, 0.2) is 5.82 Å². The van der Waals surface area contributed by atoms with Gasteiger partial charge >= 0.3 is 0 Å². The number of rotatable bonds is 5. The second kappa shape index (κ2) is 12.9.